The second-order valence-corrected chi connectivity index (χ2v) is 4.95. The summed E-state index contributed by atoms with van der Waals surface area (Å²) in [4.78, 5) is 0. The van der Waals surface area contributed by atoms with Crippen LogP contribution in [0.5, 0.6) is 11.5 Å². The summed E-state index contributed by atoms with van der Waals surface area (Å²) in [6.07, 6.45) is 2.61. The van der Waals surface area contributed by atoms with Gasteiger partial charge >= 0.3 is 0 Å². The predicted molar refractivity (Wildman–Crippen MR) is 71.5 cm³/mol. The summed E-state index contributed by atoms with van der Waals surface area (Å²) in [5.41, 5.74) is 4.03. The van der Waals surface area contributed by atoms with Crippen molar-refractivity contribution in [1.82, 2.24) is 5.43 Å². The summed E-state index contributed by atoms with van der Waals surface area (Å²) >= 11 is 0. The Morgan fingerprint density at radius 3 is 2.50 bits per heavy atom. The molecule has 1 saturated carbocycles. The fourth-order valence-corrected chi connectivity index (χ4v) is 2.49. The highest BCUT2D eigenvalue weighted by atomic mass is 16.5. The van der Waals surface area contributed by atoms with E-state index in [9.17, 15) is 0 Å². The van der Waals surface area contributed by atoms with Gasteiger partial charge in [0.05, 0.1) is 20.3 Å². The van der Waals surface area contributed by atoms with E-state index in [-0.39, 0.29) is 6.04 Å². The number of ether oxygens (including phenoxy) is 2. The van der Waals surface area contributed by atoms with Crippen LogP contribution in [-0.4, -0.2) is 14.2 Å². The van der Waals surface area contributed by atoms with Crippen LogP contribution in [0, 0.1) is 11.8 Å². The van der Waals surface area contributed by atoms with Gasteiger partial charge in [0.25, 0.3) is 0 Å². The van der Waals surface area contributed by atoms with E-state index in [1.807, 2.05) is 18.2 Å². The number of hydrazine groups is 1. The molecule has 0 saturated heterocycles. The van der Waals surface area contributed by atoms with Gasteiger partial charge in [0, 0.05) is 11.6 Å². The molecule has 2 atom stereocenters. The maximum absolute atomic E-state index is 5.73. The van der Waals surface area contributed by atoms with Gasteiger partial charge in [-0.2, -0.15) is 0 Å². The number of hydrogen-bond donors (Lipinski definition) is 2. The summed E-state index contributed by atoms with van der Waals surface area (Å²) in [5, 5.41) is 0. The molecule has 1 aromatic carbocycles. The molecule has 0 spiro atoms. The van der Waals surface area contributed by atoms with Crippen LogP contribution in [0.3, 0.4) is 0 Å². The molecule has 0 aliphatic heterocycles. The Labute approximate surface area is 108 Å². The van der Waals surface area contributed by atoms with E-state index in [2.05, 4.69) is 12.3 Å². The van der Waals surface area contributed by atoms with Crippen LogP contribution in [0.1, 0.15) is 31.4 Å². The van der Waals surface area contributed by atoms with Crippen LogP contribution in [0.4, 0.5) is 0 Å². The molecule has 4 heteroatoms. The first-order valence-corrected chi connectivity index (χ1v) is 6.39. The van der Waals surface area contributed by atoms with Crippen molar-refractivity contribution in [3.8, 4) is 11.5 Å². The topological polar surface area (TPSA) is 56.5 Å². The number of benzene rings is 1. The van der Waals surface area contributed by atoms with E-state index in [0.717, 1.165) is 23.0 Å². The molecular formula is C14H22N2O2. The molecule has 2 rings (SSSR count). The third kappa shape index (κ3) is 2.60. The summed E-state index contributed by atoms with van der Waals surface area (Å²) in [7, 11) is 3.33. The Bertz CT molecular complexity index is 405. The minimum absolute atomic E-state index is 0.123. The fourth-order valence-electron chi connectivity index (χ4n) is 2.49. The van der Waals surface area contributed by atoms with Crippen LogP contribution in [0.25, 0.3) is 0 Å². The van der Waals surface area contributed by atoms with Gasteiger partial charge in [-0.25, -0.2) is 0 Å². The lowest BCUT2D eigenvalue weighted by Crippen LogP contribution is -2.33. The predicted octanol–water partition coefficient (Wildman–Crippen LogP) is 2.25. The van der Waals surface area contributed by atoms with Gasteiger partial charge in [-0.15, -0.1) is 0 Å². The van der Waals surface area contributed by atoms with Gasteiger partial charge in [0.2, 0.25) is 0 Å². The quantitative estimate of drug-likeness (QED) is 0.600. The van der Waals surface area contributed by atoms with Gasteiger partial charge in [0.1, 0.15) is 11.5 Å². The van der Waals surface area contributed by atoms with Gasteiger partial charge < -0.3 is 9.47 Å². The van der Waals surface area contributed by atoms with Crippen LogP contribution in [-0.2, 0) is 0 Å². The first kappa shape index (κ1) is 13.2. The van der Waals surface area contributed by atoms with E-state index in [0.29, 0.717) is 5.92 Å². The lowest BCUT2D eigenvalue weighted by atomic mass is 9.90. The van der Waals surface area contributed by atoms with Crippen LogP contribution in [0.2, 0.25) is 0 Å². The van der Waals surface area contributed by atoms with E-state index in [1.165, 1.54) is 12.8 Å². The molecule has 3 N–H and O–H groups in total. The van der Waals surface area contributed by atoms with Crippen molar-refractivity contribution in [1.29, 1.82) is 0 Å². The maximum atomic E-state index is 5.73. The highest BCUT2D eigenvalue weighted by Gasteiger charge is 2.34. The van der Waals surface area contributed by atoms with E-state index < -0.39 is 0 Å². The molecule has 1 aliphatic rings. The fraction of sp³-hybridized carbons (Fsp3) is 0.571. The first-order chi connectivity index (χ1) is 8.71. The van der Waals surface area contributed by atoms with E-state index >= 15 is 0 Å². The summed E-state index contributed by atoms with van der Waals surface area (Å²) < 4.78 is 10.7. The summed E-state index contributed by atoms with van der Waals surface area (Å²) in [6, 6.07) is 6.00. The summed E-state index contributed by atoms with van der Waals surface area (Å²) in [5.74, 6) is 8.64. The Kier molecular flexibility index (Phi) is 4.09. The van der Waals surface area contributed by atoms with Crippen molar-refractivity contribution in [2.24, 2.45) is 17.7 Å². The van der Waals surface area contributed by atoms with Crippen LogP contribution in [0.15, 0.2) is 18.2 Å². The van der Waals surface area contributed by atoms with Crippen molar-refractivity contribution in [3.05, 3.63) is 23.8 Å². The monoisotopic (exact) mass is 250 g/mol. The Hall–Kier alpha value is -1.26. The smallest absolute Gasteiger partial charge is 0.127 e. The van der Waals surface area contributed by atoms with E-state index in [1.54, 1.807) is 14.2 Å². The molecule has 18 heavy (non-hydrogen) atoms. The Morgan fingerprint density at radius 2 is 2.00 bits per heavy atom. The number of rotatable bonds is 6. The second kappa shape index (κ2) is 5.59. The average molecular weight is 250 g/mol. The average Bonchev–Trinajstić information content (AvgIpc) is 3.24. The van der Waals surface area contributed by atoms with Crippen molar-refractivity contribution in [2.45, 2.75) is 25.8 Å². The third-order valence-corrected chi connectivity index (χ3v) is 3.85. The molecule has 2 unspecified atom stereocenters. The third-order valence-electron chi connectivity index (χ3n) is 3.85. The Balaban J connectivity index is 2.28. The molecule has 4 nitrogen and oxygen atoms in total. The van der Waals surface area contributed by atoms with Gasteiger partial charge in [-0.3, -0.25) is 11.3 Å². The van der Waals surface area contributed by atoms with Gasteiger partial charge in [0.15, 0.2) is 0 Å². The van der Waals surface area contributed by atoms with Crippen molar-refractivity contribution in [2.75, 3.05) is 14.2 Å². The van der Waals surface area contributed by atoms with Crippen LogP contribution >= 0.6 is 0 Å². The zero-order chi connectivity index (χ0) is 13.1. The Morgan fingerprint density at radius 1 is 1.28 bits per heavy atom. The van der Waals surface area contributed by atoms with Crippen LogP contribution < -0.4 is 20.7 Å². The standard InChI is InChI=1S/C14H22N2O2/c1-9(10-4-5-10)14(16-15)12-7-6-11(17-2)8-13(12)18-3/h6-10,14,16H,4-5,15H2,1-3H3. The minimum atomic E-state index is 0.123. The van der Waals surface area contributed by atoms with Gasteiger partial charge in [-0.05, 0) is 30.7 Å². The number of methoxy groups -OCH3 is 2. The second-order valence-electron chi connectivity index (χ2n) is 4.95. The number of hydrogen-bond acceptors (Lipinski definition) is 4. The summed E-state index contributed by atoms with van der Waals surface area (Å²) in [6.45, 7) is 2.24. The molecule has 0 aromatic heterocycles. The SMILES string of the molecule is COc1ccc(C(NN)C(C)C2CC2)c(OC)c1. The van der Waals surface area contributed by atoms with E-state index in [4.69, 9.17) is 15.3 Å². The van der Waals surface area contributed by atoms with Crippen molar-refractivity contribution in [3.63, 3.8) is 0 Å². The molecule has 1 aromatic rings. The molecule has 0 amide bonds. The number of nitrogens with two attached hydrogens (primary N) is 1. The minimum Gasteiger partial charge on any atom is -0.497 e. The van der Waals surface area contributed by atoms with Gasteiger partial charge in [-0.1, -0.05) is 13.0 Å². The molecule has 1 fully saturated rings. The highest BCUT2D eigenvalue weighted by Crippen LogP contribution is 2.44. The molecule has 0 radical (unpaired) electrons. The van der Waals surface area contributed by atoms with Crippen molar-refractivity contribution >= 4 is 0 Å². The molecule has 100 valence electrons. The largest absolute Gasteiger partial charge is 0.497 e. The first-order valence-electron chi connectivity index (χ1n) is 6.39. The zero-order valence-corrected chi connectivity index (χ0v) is 11.3. The lowest BCUT2D eigenvalue weighted by molar-refractivity contribution is 0.333. The molecule has 1 aliphatic carbocycles. The molecular weight excluding hydrogens is 228 g/mol. The zero-order valence-electron chi connectivity index (χ0n) is 11.3. The normalized spacial score (nSPS) is 18.2. The lowest BCUT2D eigenvalue weighted by Gasteiger charge is -2.25. The molecule has 0 heterocycles. The molecule has 0 bridgehead atoms. The van der Waals surface area contributed by atoms with Crippen molar-refractivity contribution < 1.29 is 9.47 Å². The highest BCUT2D eigenvalue weighted by molar-refractivity contribution is 5.42. The maximum Gasteiger partial charge on any atom is 0.127 e. The number of nitrogens with one attached hydrogen (secondary N) is 1.